The summed E-state index contributed by atoms with van der Waals surface area (Å²) in [6, 6.07) is 30.8. The second-order valence-electron chi connectivity index (χ2n) is 7.09. The first kappa shape index (κ1) is 15.0. The van der Waals surface area contributed by atoms with Crippen molar-refractivity contribution in [2.75, 3.05) is 0 Å². The Kier molecular flexibility index (Phi) is 3.03. The Morgan fingerprint density at radius 3 is 2.30 bits per heavy atom. The first-order chi connectivity index (χ1) is 13.3. The van der Waals surface area contributed by atoms with Crippen LogP contribution in [0.2, 0.25) is 0 Å². The molecule has 128 valence electrons. The molecule has 6 aromatic rings. The van der Waals surface area contributed by atoms with Gasteiger partial charge in [-0.05, 0) is 35.4 Å². The van der Waals surface area contributed by atoms with Crippen molar-refractivity contribution in [2.45, 2.75) is 0 Å². The molecule has 0 aliphatic rings. The molecule has 4 aromatic carbocycles. The number of hydrogen-bond acceptors (Lipinski definition) is 1. The topological polar surface area (TPSA) is 4.93 Å². The van der Waals surface area contributed by atoms with Gasteiger partial charge in [0.15, 0.2) is 0 Å². The smallest absolute Gasteiger partial charge is 0.0496 e. The van der Waals surface area contributed by atoms with Gasteiger partial charge in [0.05, 0.1) is 0 Å². The van der Waals surface area contributed by atoms with Crippen molar-refractivity contribution < 1.29 is 0 Å². The number of aromatic nitrogens is 1. The highest BCUT2D eigenvalue weighted by Gasteiger charge is 2.15. The van der Waals surface area contributed by atoms with Crippen LogP contribution in [0, 0.1) is 0 Å². The van der Waals surface area contributed by atoms with Crippen LogP contribution in [0.15, 0.2) is 84.9 Å². The van der Waals surface area contributed by atoms with Crippen LogP contribution in [-0.2, 0) is 7.05 Å². The predicted octanol–water partition coefficient (Wildman–Crippen LogP) is 7.37. The molecule has 2 heteroatoms. The number of benzene rings is 4. The lowest BCUT2D eigenvalue weighted by atomic mass is 10.0. The molecule has 0 aliphatic carbocycles. The molecule has 0 radical (unpaired) electrons. The number of thiophene rings is 1. The average Bonchev–Trinajstić information content (AvgIpc) is 3.24. The molecular formula is C25H17NS. The summed E-state index contributed by atoms with van der Waals surface area (Å²) in [5.41, 5.74) is 5.11. The summed E-state index contributed by atoms with van der Waals surface area (Å²) in [5.74, 6) is 0. The molecule has 0 saturated carbocycles. The largest absolute Gasteiger partial charge is 0.344 e. The molecule has 0 aliphatic heterocycles. The van der Waals surface area contributed by atoms with E-state index in [1.54, 1.807) is 0 Å². The quantitative estimate of drug-likeness (QED) is 0.287. The van der Waals surface area contributed by atoms with E-state index in [2.05, 4.69) is 96.5 Å². The molecule has 2 aromatic heterocycles. The minimum absolute atomic E-state index is 1.26. The van der Waals surface area contributed by atoms with Crippen LogP contribution in [0.4, 0.5) is 0 Å². The molecule has 0 atom stereocenters. The van der Waals surface area contributed by atoms with E-state index in [1.807, 2.05) is 11.3 Å². The number of fused-ring (bicyclic) bond motifs is 7. The second-order valence-corrected chi connectivity index (χ2v) is 8.17. The molecule has 0 fully saturated rings. The van der Waals surface area contributed by atoms with Crippen molar-refractivity contribution in [3.8, 4) is 11.1 Å². The Balaban J connectivity index is 1.78. The molecule has 0 N–H and O–H groups in total. The summed E-state index contributed by atoms with van der Waals surface area (Å²) in [4.78, 5) is 0. The predicted molar refractivity (Wildman–Crippen MR) is 119 cm³/mol. The third kappa shape index (κ3) is 2.05. The zero-order chi connectivity index (χ0) is 18.0. The van der Waals surface area contributed by atoms with Crippen molar-refractivity contribution in [3.63, 3.8) is 0 Å². The first-order valence-electron chi connectivity index (χ1n) is 9.19. The Bertz CT molecular complexity index is 1470. The molecule has 0 bridgehead atoms. The van der Waals surface area contributed by atoms with E-state index in [4.69, 9.17) is 0 Å². The summed E-state index contributed by atoms with van der Waals surface area (Å²) in [7, 11) is 2.18. The van der Waals surface area contributed by atoms with Gasteiger partial charge in [-0.1, -0.05) is 60.7 Å². The third-order valence-corrected chi connectivity index (χ3v) is 6.75. The number of nitrogens with zero attached hydrogens (tertiary/aromatic N) is 1. The van der Waals surface area contributed by atoms with E-state index in [1.165, 1.54) is 53.1 Å². The van der Waals surface area contributed by atoms with Gasteiger partial charge in [-0.25, -0.2) is 0 Å². The van der Waals surface area contributed by atoms with Gasteiger partial charge in [0.2, 0.25) is 0 Å². The highest BCUT2D eigenvalue weighted by atomic mass is 32.1. The summed E-state index contributed by atoms with van der Waals surface area (Å²) in [6.45, 7) is 0. The van der Waals surface area contributed by atoms with Crippen LogP contribution in [0.25, 0.3) is 53.1 Å². The maximum atomic E-state index is 2.34. The van der Waals surface area contributed by atoms with E-state index in [0.717, 1.165) is 0 Å². The van der Waals surface area contributed by atoms with E-state index >= 15 is 0 Å². The second kappa shape index (κ2) is 5.45. The van der Waals surface area contributed by atoms with E-state index < -0.39 is 0 Å². The van der Waals surface area contributed by atoms with Gasteiger partial charge in [-0.3, -0.25) is 0 Å². The highest BCUT2D eigenvalue weighted by Crippen LogP contribution is 2.42. The molecule has 0 saturated heterocycles. The van der Waals surface area contributed by atoms with Crippen LogP contribution in [-0.4, -0.2) is 4.57 Å². The van der Waals surface area contributed by atoms with E-state index in [9.17, 15) is 0 Å². The van der Waals surface area contributed by atoms with Crippen molar-refractivity contribution in [2.24, 2.45) is 7.05 Å². The summed E-state index contributed by atoms with van der Waals surface area (Å²) in [5, 5.41) is 5.47. The summed E-state index contributed by atoms with van der Waals surface area (Å²) >= 11 is 1.89. The minimum atomic E-state index is 1.26. The van der Waals surface area contributed by atoms with Gasteiger partial charge in [0.1, 0.15) is 0 Å². The van der Waals surface area contributed by atoms with Crippen molar-refractivity contribution in [3.05, 3.63) is 84.9 Å². The molecule has 0 amide bonds. The van der Waals surface area contributed by atoms with Gasteiger partial charge in [-0.2, -0.15) is 0 Å². The van der Waals surface area contributed by atoms with Crippen molar-refractivity contribution >= 4 is 53.3 Å². The van der Waals surface area contributed by atoms with Crippen LogP contribution in [0.3, 0.4) is 0 Å². The molecule has 27 heavy (non-hydrogen) atoms. The molecule has 6 rings (SSSR count). The van der Waals surface area contributed by atoms with Gasteiger partial charge in [0, 0.05) is 49.0 Å². The zero-order valence-corrected chi connectivity index (χ0v) is 15.8. The standard InChI is InChI=1S/C25H17NS/c1-26-20-13-14-23-25(19-9-5-6-10-22(19)27-23)24(20)18-12-11-17(15-21(18)26)16-7-3-2-4-8-16/h2-15H,1H3. The number of aryl methyl sites for hydroxylation is 1. The Morgan fingerprint density at radius 1 is 0.593 bits per heavy atom. The van der Waals surface area contributed by atoms with Crippen molar-refractivity contribution in [1.82, 2.24) is 4.57 Å². The van der Waals surface area contributed by atoms with Gasteiger partial charge < -0.3 is 4.57 Å². The SMILES string of the molecule is Cn1c2cc(-c3ccccc3)ccc2c2c3c(ccc21)sc1ccccc13. The molecular weight excluding hydrogens is 346 g/mol. The first-order valence-corrected chi connectivity index (χ1v) is 10.0. The molecule has 0 spiro atoms. The fourth-order valence-electron chi connectivity index (χ4n) is 4.32. The van der Waals surface area contributed by atoms with Crippen LogP contribution in [0.5, 0.6) is 0 Å². The Hall–Kier alpha value is -3.10. The van der Waals surface area contributed by atoms with E-state index in [-0.39, 0.29) is 0 Å². The van der Waals surface area contributed by atoms with Gasteiger partial charge in [-0.15, -0.1) is 11.3 Å². The van der Waals surface area contributed by atoms with Crippen molar-refractivity contribution in [1.29, 1.82) is 0 Å². The third-order valence-electron chi connectivity index (χ3n) is 5.62. The van der Waals surface area contributed by atoms with Crippen LogP contribution in [0.1, 0.15) is 0 Å². The fraction of sp³-hybridized carbons (Fsp3) is 0.0400. The molecule has 2 heterocycles. The van der Waals surface area contributed by atoms with Gasteiger partial charge >= 0.3 is 0 Å². The Morgan fingerprint density at radius 2 is 1.41 bits per heavy atom. The molecule has 0 unspecified atom stereocenters. The van der Waals surface area contributed by atoms with Crippen LogP contribution < -0.4 is 0 Å². The molecule has 1 nitrogen and oxygen atoms in total. The lowest BCUT2D eigenvalue weighted by Gasteiger charge is -2.03. The monoisotopic (exact) mass is 363 g/mol. The minimum Gasteiger partial charge on any atom is -0.344 e. The normalized spacial score (nSPS) is 11.9. The maximum absolute atomic E-state index is 2.34. The number of rotatable bonds is 1. The van der Waals surface area contributed by atoms with E-state index in [0.29, 0.717) is 0 Å². The summed E-state index contributed by atoms with van der Waals surface area (Å²) in [6.07, 6.45) is 0. The fourth-order valence-corrected chi connectivity index (χ4v) is 5.43. The maximum Gasteiger partial charge on any atom is 0.0496 e. The Labute approximate surface area is 161 Å². The highest BCUT2D eigenvalue weighted by molar-refractivity contribution is 7.26. The lowest BCUT2D eigenvalue weighted by molar-refractivity contribution is 1.01. The number of hydrogen-bond donors (Lipinski definition) is 0. The zero-order valence-electron chi connectivity index (χ0n) is 14.9. The lowest BCUT2D eigenvalue weighted by Crippen LogP contribution is -1.86. The van der Waals surface area contributed by atoms with Gasteiger partial charge in [0.25, 0.3) is 0 Å². The van der Waals surface area contributed by atoms with Crippen LogP contribution >= 0.6 is 11.3 Å². The summed E-state index contributed by atoms with van der Waals surface area (Å²) < 4.78 is 5.06. The average molecular weight is 363 g/mol.